The van der Waals surface area contributed by atoms with Crippen LogP contribution in [0.4, 0.5) is 11.4 Å². The number of benzene rings is 1. The van der Waals surface area contributed by atoms with E-state index >= 15 is 0 Å². The van der Waals surface area contributed by atoms with Gasteiger partial charge in [-0.1, -0.05) is 0 Å². The first-order chi connectivity index (χ1) is 9.19. The summed E-state index contributed by atoms with van der Waals surface area (Å²) < 4.78 is 0. The van der Waals surface area contributed by atoms with E-state index in [9.17, 15) is 4.79 Å². The van der Waals surface area contributed by atoms with Crippen LogP contribution in [0, 0.1) is 5.92 Å². The normalized spacial score (nSPS) is 24.8. The van der Waals surface area contributed by atoms with E-state index in [2.05, 4.69) is 10.2 Å². The van der Waals surface area contributed by atoms with Gasteiger partial charge in [0, 0.05) is 24.8 Å². The van der Waals surface area contributed by atoms with Crippen molar-refractivity contribution in [3.63, 3.8) is 0 Å². The van der Waals surface area contributed by atoms with Crippen molar-refractivity contribution in [2.45, 2.75) is 32.2 Å². The summed E-state index contributed by atoms with van der Waals surface area (Å²) in [5.74, 6) is 0.800. The smallest absolute Gasteiger partial charge is 0.253 e. The van der Waals surface area contributed by atoms with E-state index < -0.39 is 0 Å². The van der Waals surface area contributed by atoms with Crippen LogP contribution < -0.4 is 16.0 Å². The number of nitrogen functional groups attached to an aromatic ring is 1. The Morgan fingerprint density at radius 1 is 1.47 bits per heavy atom. The number of hydrogen-bond acceptors (Lipinski definition) is 3. The zero-order valence-corrected chi connectivity index (χ0v) is 11.4. The van der Waals surface area contributed by atoms with Crippen LogP contribution in [-0.2, 0) is 0 Å². The van der Waals surface area contributed by atoms with Gasteiger partial charge in [-0.25, -0.2) is 0 Å². The Morgan fingerprint density at radius 3 is 2.95 bits per heavy atom. The van der Waals surface area contributed by atoms with Gasteiger partial charge in [-0.05, 0) is 50.3 Å². The number of fused-ring (bicyclic) bond motifs is 2. The van der Waals surface area contributed by atoms with Gasteiger partial charge in [0.15, 0.2) is 0 Å². The minimum Gasteiger partial charge on any atom is -0.399 e. The summed E-state index contributed by atoms with van der Waals surface area (Å²) in [5.41, 5.74) is 8.40. The Hall–Kier alpha value is -1.71. The fourth-order valence-corrected chi connectivity index (χ4v) is 3.45. The summed E-state index contributed by atoms with van der Waals surface area (Å²) in [7, 11) is 0. The maximum absolute atomic E-state index is 12.2. The molecule has 4 nitrogen and oxygen atoms in total. The molecule has 1 aromatic carbocycles. The fourth-order valence-electron chi connectivity index (χ4n) is 3.45. The average molecular weight is 259 g/mol. The average Bonchev–Trinajstić information content (AvgIpc) is 3.01. The summed E-state index contributed by atoms with van der Waals surface area (Å²) >= 11 is 0. The highest BCUT2D eigenvalue weighted by atomic mass is 16.1. The SMILES string of the molecule is CCNC(=O)c1ccc(N)cc1N1CC2CCC1C2. The van der Waals surface area contributed by atoms with E-state index in [1.54, 1.807) is 0 Å². The van der Waals surface area contributed by atoms with E-state index in [0.29, 0.717) is 12.6 Å². The zero-order valence-electron chi connectivity index (χ0n) is 11.4. The molecule has 0 spiro atoms. The molecule has 19 heavy (non-hydrogen) atoms. The number of nitrogens with two attached hydrogens (primary N) is 1. The third kappa shape index (κ3) is 2.15. The lowest BCUT2D eigenvalue weighted by atomic mass is 10.1. The van der Waals surface area contributed by atoms with Crippen LogP contribution in [0.3, 0.4) is 0 Å². The van der Waals surface area contributed by atoms with Gasteiger partial charge in [0.2, 0.25) is 0 Å². The van der Waals surface area contributed by atoms with Crippen LogP contribution >= 0.6 is 0 Å². The molecule has 2 bridgehead atoms. The van der Waals surface area contributed by atoms with Crippen LogP contribution in [0.1, 0.15) is 36.5 Å². The molecule has 1 aromatic rings. The van der Waals surface area contributed by atoms with Crippen molar-refractivity contribution in [3.8, 4) is 0 Å². The van der Waals surface area contributed by atoms with Gasteiger partial charge in [-0.15, -0.1) is 0 Å². The van der Waals surface area contributed by atoms with Crippen molar-refractivity contribution in [3.05, 3.63) is 23.8 Å². The molecule has 0 aromatic heterocycles. The van der Waals surface area contributed by atoms with Crippen molar-refractivity contribution in [1.29, 1.82) is 0 Å². The lowest BCUT2D eigenvalue weighted by molar-refractivity contribution is 0.0956. The number of carbonyl (C=O) groups is 1. The second kappa shape index (κ2) is 4.76. The van der Waals surface area contributed by atoms with E-state index in [-0.39, 0.29) is 5.91 Å². The standard InChI is InChI=1S/C15H21N3O/c1-2-17-15(19)13-6-4-11(16)8-14(13)18-9-10-3-5-12(18)7-10/h4,6,8,10,12H,2-3,5,7,9,16H2,1H3,(H,17,19). The van der Waals surface area contributed by atoms with Gasteiger partial charge in [0.05, 0.1) is 11.3 Å². The summed E-state index contributed by atoms with van der Waals surface area (Å²) in [4.78, 5) is 14.5. The molecule has 2 unspecified atom stereocenters. The molecular weight excluding hydrogens is 238 g/mol. The molecule has 1 amide bonds. The third-order valence-electron chi connectivity index (χ3n) is 4.32. The van der Waals surface area contributed by atoms with Crippen molar-refractivity contribution >= 4 is 17.3 Å². The highest BCUT2D eigenvalue weighted by Gasteiger charge is 2.38. The number of anilines is 2. The van der Waals surface area contributed by atoms with Gasteiger partial charge < -0.3 is 16.0 Å². The van der Waals surface area contributed by atoms with E-state index in [1.807, 2.05) is 25.1 Å². The minimum atomic E-state index is 0.000253. The Bertz CT molecular complexity index is 500. The number of hydrogen-bond donors (Lipinski definition) is 2. The molecule has 3 N–H and O–H groups in total. The number of amides is 1. The molecule has 1 heterocycles. The molecule has 1 saturated heterocycles. The van der Waals surface area contributed by atoms with Crippen LogP contribution in [0.15, 0.2) is 18.2 Å². The van der Waals surface area contributed by atoms with Gasteiger partial charge >= 0.3 is 0 Å². The Balaban J connectivity index is 1.95. The number of nitrogens with zero attached hydrogens (tertiary/aromatic N) is 1. The van der Waals surface area contributed by atoms with Crippen molar-refractivity contribution in [2.75, 3.05) is 23.7 Å². The minimum absolute atomic E-state index is 0.000253. The zero-order chi connectivity index (χ0) is 13.4. The van der Waals surface area contributed by atoms with Gasteiger partial charge in [-0.3, -0.25) is 4.79 Å². The Kier molecular flexibility index (Phi) is 3.09. The second-order valence-electron chi connectivity index (χ2n) is 5.62. The predicted molar refractivity (Wildman–Crippen MR) is 77.3 cm³/mol. The van der Waals surface area contributed by atoms with E-state index in [4.69, 9.17) is 5.73 Å². The van der Waals surface area contributed by atoms with Gasteiger partial charge in [-0.2, -0.15) is 0 Å². The summed E-state index contributed by atoms with van der Waals surface area (Å²) in [6.07, 6.45) is 3.85. The Morgan fingerprint density at radius 2 is 2.32 bits per heavy atom. The lowest BCUT2D eigenvalue weighted by Crippen LogP contribution is -2.34. The monoisotopic (exact) mass is 259 g/mol. The highest BCUT2D eigenvalue weighted by Crippen LogP contribution is 2.41. The highest BCUT2D eigenvalue weighted by molar-refractivity contribution is 6.00. The molecule has 1 aliphatic heterocycles. The van der Waals surface area contributed by atoms with Crippen LogP contribution in [0.5, 0.6) is 0 Å². The van der Waals surface area contributed by atoms with Gasteiger partial charge in [0.1, 0.15) is 0 Å². The van der Waals surface area contributed by atoms with Crippen LogP contribution in [0.2, 0.25) is 0 Å². The molecule has 2 aliphatic rings. The molecule has 2 atom stereocenters. The second-order valence-corrected chi connectivity index (χ2v) is 5.62. The van der Waals surface area contributed by atoms with E-state index in [0.717, 1.165) is 29.4 Å². The topological polar surface area (TPSA) is 58.4 Å². The fraction of sp³-hybridized carbons (Fsp3) is 0.533. The Labute approximate surface area is 114 Å². The molecular formula is C15H21N3O. The maximum atomic E-state index is 12.2. The first-order valence-electron chi connectivity index (χ1n) is 7.13. The molecule has 102 valence electrons. The number of carbonyl (C=O) groups excluding carboxylic acids is 1. The molecule has 2 fully saturated rings. The molecule has 1 saturated carbocycles. The lowest BCUT2D eigenvalue weighted by Gasteiger charge is -2.31. The van der Waals surface area contributed by atoms with Crippen molar-refractivity contribution < 1.29 is 4.79 Å². The molecule has 3 rings (SSSR count). The van der Waals surface area contributed by atoms with Crippen molar-refractivity contribution in [2.24, 2.45) is 5.92 Å². The van der Waals surface area contributed by atoms with Crippen molar-refractivity contribution in [1.82, 2.24) is 5.32 Å². The first kappa shape index (κ1) is 12.3. The first-order valence-corrected chi connectivity index (χ1v) is 7.13. The predicted octanol–water partition coefficient (Wildman–Crippen LogP) is 2.01. The van der Waals surface area contributed by atoms with Gasteiger partial charge in [0.25, 0.3) is 5.91 Å². The van der Waals surface area contributed by atoms with E-state index in [1.165, 1.54) is 19.3 Å². The molecule has 4 heteroatoms. The maximum Gasteiger partial charge on any atom is 0.253 e. The quantitative estimate of drug-likeness (QED) is 0.816. The number of nitrogens with one attached hydrogen (secondary N) is 1. The third-order valence-corrected chi connectivity index (χ3v) is 4.32. The molecule has 1 aliphatic carbocycles. The molecule has 0 radical (unpaired) electrons. The largest absolute Gasteiger partial charge is 0.399 e. The summed E-state index contributed by atoms with van der Waals surface area (Å²) in [5, 5.41) is 2.88. The number of rotatable bonds is 3. The number of piperidine rings is 1. The summed E-state index contributed by atoms with van der Waals surface area (Å²) in [6, 6.07) is 6.20. The summed E-state index contributed by atoms with van der Waals surface area (Å²) in [6.45, 7) is 3.65. The van der Waals surface area contributed by atoms with Crippen LogP contribution in [-0.4, -0.2) is 25.0 Å². The van der Waals surface area contributed by atoms with Crippen LogP contribution in [0.25, 0.3) is 0 Å².